The van der Waals surface area contributed by atoms with Crippen molar-refractivity contribution in [2.45, 2.75) is 33.8 Å². The van der Waals surface area contributed by atoms with Crippen molar-refractivity contribution in [2.75, 3.05) is 10.6 Å². The Labute approximate surface area is 165 Å². The zero-order valence-corrected chi connectivity index (χ0v) is 16.5. The van der Waals surface area contributed by atoms with Crippen molar-refractivity contribution in [2.24, 2.45) is 0 Å². The lowest BCUT2D eigenvalue weighted by Gasteiger charge is -2.11. The van der Waals surface area contributed by atoms with Crippen molar-refractivity contribution < 1.29 is 9.53 Å². The predicted molar refractivity (Wildman–Crippen MR) is 111 cm³/mol. The standard InChI is InChI=1S/C22H24N4O2/c1-14(2)28-18-8-6-17(7-9-18)25-21-13-23-20(12-24-21)22(27)26-19-10-5-15(3)11-16(19)4/h5-14H,1-4H3,(H,24,25)(H,26,27). The first-order valence-electron chi connectivity index (χ1n) is 9.15. The summed E-state index contributed by atoms with van der Waals surface area (Å²) in [7, 11) is 0. The average molecular weight is 376 g/mol. The lowest BCUT2D eigenvalue weighted by atomic mass is 10.1. The van der Waals surface area contributed by atoms with Gasteiger partial charge in [-0.05, 0) is 63.6 Å². The van der Waals surface area contributed by atoms with E-state index >= 15 is 0 Å². The van der Waals surface area contributed by atoms with Crippen molar-refractivity contribution in [1.29, 1.82) is 0 Å². The van der Waals surface area contributed by atoms with E-state index in [0.29, 0.717) is 5.82 Å². The molecule has 144 valence electrons. The molecule has 1 aromatic heterocycles. The van der Waals surface area contributed by atoms with Crippen LogP contribution in [0.1, 0.15) is 35.5 Å². The molecule has 1 amide bonds. The molecular weight excluding hydrogens is 352 g/mol. The number of rotatable bonds is 6. The molecule has 0 saturated heterocycles. The zero-order valence-electron chi connectivity index (χ0n) is 16.5. The van der Waals surface area contributed by atoms with Crippen LogP contribution < -0.4 is 15.4 Å². The molecule has 0 unspecified atom stereocenters. The summed E-state index contributed by atoms with van der Waals surface area (Å²) in [5.74, 6) is 1.08. The largest absolute Gasteiger partial charge is 0.491 e. The van der Waals surface area contributed by atoms with E-state index in [1.165, 1.54) is 12.4 Å². The van der Waals surface area contributed by atoms with E-state index in [-0.39, 0.29) is 17.7 Å². The summed E-state index contributed by atoms with van der Waals surface area (Å²) < 4.78 is 5.62. The molecule has 3 aromatic rings. The molecule has 28 heavy (non-hydrogen) atoms. The van der Waals surface area contributed by atoms with E-state index in [0.717, 1.165) is 28.3 Å². The van der Waals surface area contributed by atoms with Crippen LogP contribution in [0.25, 0.3) is 0 Å². The maximum Gasteiger partial charge on any atom is 0.275 e. The number of nitrogens with one attached hydrogen (secondary N) is 2. The van der Waals surface area contributed by atoms with E-state index in [4.69, 9.17) is 4.74 Å². The summed E-state index contributed by atoms with van der Waals surface area (Å²) in [6, 6.07) is 13.5. The van der Waals surface area contributed by atoms with Crippen LogP contribution in [0.2, 0.25) is 0 Å². The molecule has 2 aromatic carbocycles. The number of benzene rings is 2. The van der Waals surface area contributed by atoms with Crippen LogP contribution in [0, 0.1) is 13.8 Å². The van der Waals surface area contributed by atoms with Crippen LogP contribution in [-0.4, -0.2) is 22.0 Å². The normalized spacial score (nSPS) is 10.6. The monoisotopic (exact) mass is 376 g/mol. The van der Waals surface area contributed by atoms with E-state index in [9.17, 15) is 4.79 Å². The summed E-state index contributed by atoms with van der Waals surface area (Å²) in [5.41, 5.74) is 4.03. The Morgan fingerprint density at radius 2 is 1.75 bits per heavy atom. The van der Waals surface area contributed by atoms with Gasteiger partial charge in [-0.3, -0.25) is 4.79 Å². The molecule has 0 aliphatic carbocycles. The lowest BCUT2D eigenvalue weighted by molar-refractivity contribution is 0.102. The molecular formula is C22H24N4O2. The van der Waals surface area contributed by atoms with Gasteiger partial charge < -0.3 is 15.4 Å². The zero-order chi connectivity index (χ0) is 20.1. The van der Waals surface area contributed by atoms with Gasteiger partial charge in [-0.25, -0.2) is 9.97 Å². The molecule has 6 nitrogen and oxygen atoms in total. The van der Waals surface area contributed by atoms with Gasteiger partial charge in [-0.1, -0.05) is 17.7 Å². The average Bonchev–Trinajstić information content (AvgIpc) is 2.66. The van der Waals surface area contributed by atoms with Crippen LogP contribution >= 0.6 is 0 Å². The summed E-state index contributed by atoms with van der Waals surface area (Å²) in [6.45, 7) is 7.94. The molecule has 0 fully saturated rings. The van der Waals surface area contributed by atoms with Gasteiger partial charge in [0.25, 0.3) is 5.91 Å². The minimum atomic E-state index is -0.291. The van der Waals surface area contributed by atoms with E-state index in [2.05, 4.69) is 20.6 Å². The molecule has 0 radical (unpaired) electrons. The highest BCUT2D eigenvalue weighted by Crippen LogP contribution is 2.20. The maximum absolute atomic E-state index is 12.4. The van der Waals surface area contributed by atoms with Crippen LogP contribution in [0.15, 0.2) is 54.9 Å². The fourth-order valence-electron chi connectivity index (χ4n) is 2.69. The minimum Gasteiger partial charge on any atom is -0.491 e. The number of aryl methyl sites for hydroxylation is 2. The maximum atomic E-state index is 12.4. The molecule has 0 aliphatic rings. The van der Waals surface area contributed by atoms with E-state index in [1.54, 1.807) is 0 Å². The highest BCUT2D eigenvalue weighted by Gasteiger charge is 2.10. The van der Waals surface area contributed by atoms with E-state index < -0.39 is 0 Å². The van der Waals surface area contributed by atoms with Crippen LogP contribution in [0.4, 0.5) is 17.2 Å². The molecule has 0 bridgehead atoms. The van der Waals surface area contributed by atoms with Gasteiger partial charge in [0.2, 0.25) is 0 Å². The molecule has 1 heterocycles. The van der Waals surface area contributed by atoms with Gasteiger partial charge in [0.1, 0.15) is 17.3 Å². The molecule has 0 spiro atoms. The Morgan fingerprint density at radius 1 is 1.00 bits per heavy atom. The number of hydrogen-bond donors (Lipinski definition) is 2. The summed E-state index contributed by atoms with van der Waals surface area (Å²) in [4.78, 5) is 20.9. The molecule has 0 aliphatic heterocycles. The molecule has 2 N–H and O–H groups in total. The third-order valence-corrected chi connectivity index (χ3v) is 4.01. The predicted octanol–water partition coefficient (Wildman–Crippen LogP) is 4.88. The number of aromatic nitrogens is 2. The Morgan fingerprint density at radius 3 is 2.36 bits per heavy atom. The number of hydrogen-bond acceptors (Lipinski definition) is 5. The quantitative estimate of drug-likeness (QED) is 0.641. The first-order chi connectivity index (χ1) is 13.4. The Hall–Kier alpha value is -3.41. The highest BCUT2D eigenvalue weighted by atomic mass is 16.5. The number of ether oxygens (including phenoxy) is 1. The second-order valence-corrected chi connectivity index (χ2v) is 6.88. The molecule has 3 rings (SSSR count). The van der Waals surface area contributed by atoms with Gasteiger partial charge in [0.05, 0.1) is 18.5 Å². The van der Waals surface area contributed by atoms with Crippen LogP contribution in [0.3, 0.4) is 0 Å². The second kappa shape index (κ2) is 8.52. The SMILES string of the molecule is Cc1ccc(NC(=O)c2cnc(Nc3ccc(OC(C)C)cc3)cn2)c(C)c1. The van der Waals surface area contributed by atoms with Crippen LogP contribution in [-0.2, 0) is 0 Å². The molecule has 0 atom stereocenters. The Bertz CT molecular complexity index is 951. The first-order valence-corrected chi connectivity index (χ1v) is 9.15. The van der Waals surface area contributed by atoms with Gasteiger partial charge >= 0.3 is 0 Å². The summed E-state index contributed by atoms with van der Waals surface area (Å²) >= 11 is 0. The first kappa shape index (κ1) is 19.4. The van der Waals surface area contributed by atoms with E-state index in [1.807, 2.05) is 70.2 Å². The summed E-state index contributed by atoms with van der Waals surface area (Å²) in [6.07, 6.45) is 3.12. The van der Waals surface area contributed by atoms with Crippen molar-refractivity contribution in [3.8, 4) is 5.75 Å². The van der Waals surface area contributed by atoms with Crippen molar-refractivity contribution >= 4 is 23.1 Å². The number of carbonyl (C=O) groups excluding carboxylic acids is 1. The Balaban J connectivity index is 1.63. The lowest BCUT2D eigenvalue weighted by Crippen LogP contribution is -2.15. The highest BCUT2D eigenvalue weighted by molar-refractivity contribution is 6.03. The summed E-state index contributed by atoms with van der Waals surface area (Å²) in [5, 5.41) is 6.02. The third-order valence-electron chi connectivity index (χ3n) is 4.01. The number of amides is 1. The van der Waals surface area contributed by atoms with Crippen LogP contribution in [0.5, 0.6) is 5.75 Å². The third kappa shape index (κ3) is 5.07. The number of anilines is 3. The van der Waals surface area contributed by atoms with Crippen molar-refractivity contribution in [3.63, 3.8) is 0 Å². The fourth-order valence-corrected chi connectivity index (χ4v) is 2.69. The molecule has 6 heteroatoms. The topological polar surface area (TPSA) is 76.1 Å². The van der Waals surface area contributed by atoms with Crippen molar-refractivity contribution in [1.82, 2.24) is 9.97 Å². The fraction of sp³-hybridized carbons (Fsp3) is 0.227. The Kier molecular flexibility index (Phi) is 5.89. The second-order valence-electron chi connectivity index (χ2n) is 6.88. The van der Waals surface area contributed by atoms with Gasteiger partial charge in [-0.15, -0.1) is 0 Å². The van der Waals surface area contributed by atoms with Gasteiger partial charge in [0, 0.05) is 11.4 Å². The number of carbonyl (C=O) groups is 1. The number of nitrogens with zero attached hydrogens (tertiary/aromatic N) is 2. The molecule has 0 saturated carbocycles. The van der Waals surface area contributed by atoms with Crippen molar-refractivity contribution in [3.05, 3.63) is 71.7 Å². The smallest absolute Gasteiger partial charge is 0.275 e. The van der Waals surface area contributed by atoms with Gasteiger partial charge in [0.15, 0.2) is 0 Å². The van der Waals surface area contributed by atoms with Gasteiger partial charge in [-0.2, -0.15) is 0 Å². The minimum absolute atomic E-state index is 0.132.